The zero-order valence-electron chi connectivity index (χ0n) is 8.54. The quantitative estimate of drug-likeness (QED) is 0.741. The molecule has 0 fully saturated rings. The third-order valence-corrected chi connectivity index (χ3v) is 2.60. The molecular weight excluding hydrogens is 196 g/mol. The molecule has 1 rings (SSSR count). The number of nitrogens with two attached hydrogens (primary N) is 1. The molecule has 0 aliphatic rings. The number of nitrogen functional groups attached to an aromatic ring is 1. The van der Waals surface area contributed by atoms with E-state index in [2.05, 4.69) is 5.32 Å². The first-order valence-corrected chi connectivity index (χ1v) is 6.22. The van der Waals surface area contributed by atoms with E-state index in [1.54, 1.807) is 6.26 Å². The van der Waals surface area contributed by atoms with Gasteiger partial charge in [0.15, 0.2) is 0 Å². The second-order valence-electron chi connectivity index (χ2n) is 3.34. The highest BCUT2D eigenvalue weighted by molar-refractivity contribution is 7.84. The number of hydrogen-bond donors (Lipinski definition) is 2. The van der Waals surface area contributed by atoms with Gasteiger partial charge in [-0.15, -0.1) is 0 Å². The second kappa shape index (κ2) is 5.00. The first-order valence-electron chi connectivity index (χ1n) is 4.49. The summed E-state index contributed by atoms with van der Waals surface area (Å²) in [6.45, 7) is 2.71. The van der Waals surface area contributed by atoms with Gasteiger partial charge in [0.25, 0.3) is 0 Å². The molecule has 0 aliphatic heterocycles. The molecule has 0 aromatic heterocycles. The smallest absolute Gasteiger partial charge is 0.0405 e. The maximum absolute atomic E-state index is 10.8. The zero-order valence-corrected chi connectivity index (χ0v) is 9.36. The Morgan fingerprint density at radius 3 is 2.71 bits per heavy atom. The molecule has 0 amide bonds. The van der Waals surface area contributed by atoms with Gasteiger partial charge in [-0.1, -0.05) is 0 Å². The Balaban J connectivity index is 2.54. The molecule has 1 unspecified atom stereocenters. The van der Waals surface area contributed by atoms with Crippen LogP contribution in [0.25, 0.3) is 0 Å². The molecule has 14 heavy (non-hydrogen) atoms. The van der Waals surface area contributed by atoms with Gasteiger partial charge in [-0.2, -0.15) is 0 Å². The van der Waals surface area contributed by atoms with E-state index < -0.39 is 10.8 Å². The van der Waals surface area contributed by atoms with Gasteiger partial charge in [-0.25, -0.2) is 0 Å². The van der Waals surface area contributed by atoms with Crippen molar-refractivity contribution in [3.8, 4) is 0 Å². The Morgan fingerprint density at radius 1 is 1.43 bits per heavy atom. The molecular formula is C10H16N2OS. The summed E-state index contributed by atoms with van der Waals surface area (Å²) in [6, 6.07) is 5.82. The fourth-order valence-electron chi connectivity index (χ4n) is 1.25. The molecule has 0 bridgehead atoms. The third kappa shape index (κ3) is 3.79. The maximum atomic E-state index is 10.8. The fraction of sp³-hybridized carbons (Fsp3) is 0.400. The van der Waals surface area contributed by atoms with E-state index in [4.69, 9.17) is 5.73 Å². The first kappa shape index (κ1) is 11.0. The van der Waals surface area contributed by atoms with Crippen molar-refractivity contribution in [3.63, 3.8) is 0 Å². The van der Waals surface area contributed by atoms with Crippen molar-refractivity contribution < 1.29 is 4.21 Å². The lowest BCUT2D eigenvalue weighted by Crippen LogP contribution is -2.10. The number of hydrogen-bond acceptors (Lipinski definition) is 3. The van der Waals surface area contributed by atoms with Crippen LogP contribution in [0.5, 0.6) is 0 Å². The Labute approximate surface area is 87.2 Å². The lowest BCUT2D eigenvalue weighted by molar-refractivity contribution is 0.687. The molecule has 0 radical (unpaired) electrons. The highest BCUT2D eigenvalue weighted by Gasteiger charge is 1.96. The van der Waals surface area contributed by atoms with E-state index in [-0.39, 0.29) is 0 Å². The van der Waals surface area contributed by atoms with Crippen LogP contribution in [-0.4, -0.2) is 22.8 Å². The summed E-state index contributed by atoms with van der Waals surface area (Å²) in [7, 11) is -0.744. The molecule has 0 spiro atoms. The van der Waals surface area contributed by atoms with Crippen LogP contribution in [0.3, 0.4) is 0 Å². The molecule has 0 aliphatic carbocycles. The maximum Gasteiger partial charge on any atom is 0.0405 e. The van der Waals surface area contributed by atoms with Crippen LogP contribution in [0.2, 0.25) is 0 Å². The normalized spacial score (nSPS) is 12.4. The van der Waals surface area contributed by atoms with Crippen molar-refractivity contribution in [1.82, 2.24) is 0 Å². The Hall–Kier alpha value is -1.03. The molecule has 0 heterocycles. The molecule has 0 saturated carbocycles. The van der Waals surface area contributed by atoms with Gasteiger partial charge < -0.3 is 11.1 Å². The largest absolute Gasteiger partial charge is 0.399 e. The molecule has 78 valence electrons. The number of aryl methyl sites for hydroxylation is 1. The van der Waals surface area contributed by atoms with Gasteiger partial charge in [-0.05, 0) is 30.7 Å². The molecule has 4 heteroatoms. The van der Waals surface area contributed by atoms with Crippen molar-refractivity contribution in [2.45, 2.75) is 6.92 Å². The predicted octanol–water partition coefficient (Wildman–Crippen LogP) is 1.37. The Morgan fingerprint density at radius 2 is 2.14 bits per heavy atom. The monoisotopic (exact) mass is 212 g/mol. The van der Waals surface area contributed by atoms with E-state index in [0.717, 1.165) is 16.9 Å². The summed E-state index contributed by atoms with van der Waals surface area (Å²) in [5.74, 6) is 0.661. The molecule has 0 saturated heterocycles. The summed E-state index contributed by atoms with van der Waals surface area (Å²) < 4.78 is 10.8. The van der Waals surface area contributed by atoms with Gasteiger partial charge in [0.2, 0.25) is 0 Å². The minimum absolute atomic E-state index is 0.661. The lowest BCUT2D eigenvalue weighted by Gasteiger charge is -2.07. The van der Waals surface area contributed by atoms with Crippen molar-refractivity contribution >= 4 is 22.2 Å². The average Bonchev–Trinajstić information content (AvgIpc) is 2.01. The van der Waals surface area contributed by atoms with Crippen molar-refractivity contribution in [2.75, 3.05) is 29.6 Å². The lowest BCUT2D eigenvalue weighted by atomic mass is 10.2. The SMILES string of the molecule is Cc1cc(N)cc(NCCS(C)=O)c1. The topological polar surface area (TPSA) is 55.1 Å². The third-order valence-electron chi connectivity index (χ3n) is 1.82. The standard InChI is InChI=1S/C10H16N2OS/c1-8-5-9(11)7-10(6-8)12-3-4-14(2)13/h5-7,12H,3-4,11H2,1-2H3. The first-order chi connectivity index (χ1) is 6.58. The number of anilines is 2. The van der Waals surface area contributed by atoms with Crippen LogP contribution in [0.4, 0.5) is 11.4 Å². The van der Waals surface area contributed by atoms with E-state index in [1.165, 1.54) is 0 Å². The van der Waals surface area contributed by atoms with E-state index in [1.807, 2.05) is 25.1 Å². The molecule has 1 aromatic rings. The zero-order chi connectivity index (χ0) is 10.6. The van der Waals surface area contributed by atoms with Crippen LogP contribution >= 0.6 is 0 Å². The van der Waals surface area contributed by atoms with Crippen LogP contribution < -0.4 is 11.1 Å². The van der Waals surface area contributed by atoms with Gasteiger partial charge in [0.1, 0.15) is 0 Å². The number of benzene rings is 1. The summed E-state index contributed by atoms with van der Waals surface area (Å²) in [4.78, 5) is 0. The summed E-state index contributed by atoms with van der Waals surface area (Å²) in [5, 5.41) is 3.18. The number of nitrogens with one attached hydrogen (secondary N) is 1. The van der Waals surface area contributed by atoms with Crippen LogP contribution in [-0.2, 0) is 10.8 Å². The van der Waals surface area contributed by atoms with E-state index >= 15 is 0 Å². The summed E-state index contributed by atoms with van der Waals surface area (Å²) in [6.07, 6.45) is 1.70. The van der Waals surface area contributed by atoms with Crippen molar-refractivity contribution in [3.05, 3.63) is 23.8 Å². The minimum Gasteiger partial charge on any atom is -0.399 e. The van der Waals surface area contributed by atoms with Gasteiger partial charge in [0.05, 0.1) is 0 Å². The van der Waals surface area contributed by atoms with Crippen LogP contribution in [0.15, 0.2) is 18.2 Å². The molecule has 3 N–H and O–H groups in total. The highest BCUT2D eigenvalue weighted by Crippen LogP contribution is 2.15. The fourth-order valence-corrected chi connectivity index (χ4v) is 1.64. The van der Waals surface area contributed by atoms with Gasteiger partial charge in [0, 0.05) is 40.7 Å². The molecule has 1 atom stereocenters. The highest BCUT2D eigenvalue weighted by atomic mass is 32.2. The predicted molar refractivity (Wildman–Crippen MR) is 63.0 cm³/mol. The summed E-state index contributed by atoms with van der Waals surface area (Å²) >= 11 is 0. The summed E-state index contributed by atoms with van der Waals surface area (Å²) in [5.41, 5.74) is 8.57. The minimum atomic E-state index is -0.744. The van der Waals surface area contributed by atoms with Crippen LogP contribution in [0, 0.1) is 6.92 Å². The van der Waals surface area contributed by atoms with Gasteiger partial charge >= 0.3 is 0 Å². The Kier molecular flexibility index (Phi) is 3.95. The van der Waals surface area contributed by atoms with E-state index in [0.29, 0.717) is 12.3 Å². The van der Waals surface area contributed by atoms with Gasteiger partial charge in [-0.3, -0.25) is 4.21 Å². The van der Waals surface area contributed by atoms with E-state index in [9.17, 15) is 4.21 Å². The average molecular weight is 212 g/mol. The van der Waals surface area contributed by atoms with Crippen LogP contribution in [0.1, 0.15) is 5.56 Å². The van der Waals surface area contributed by atoms with Crippen molar-refractivity contribution in [2.24, 2.45) is 0 Å². The number of rotatable bonds is 4. The second-order valence-corrected chi connectivity index (χ2v) is 4.89. The molecule has 3 nitrogen and oxygen atoms in total. The van der Waals surface area contributed by atoms with Crippen molar-refractivity contribution in [1.29, 1.82) is 0 Å². The Bertz CT molecular complexity index is 319. The molecule has 1 aromatic carbocycles.